The van der Waals surface area contributed by atoms with Gasteiger partial charge in [0.05, 0.1) is 11.0 Å². The smallest absolute Gasteiger partial charge is 0.324 e. The highest BCUT2D eigenvalue weighted by Crippen LogP contribution is 2.12. The molecule has 0 fully saturated rings. The number of hydrogen-bond donors (Lipinski definition) is 3. The Hall–Kier alpha value is -1.44. The van der Waals surface area contributed by atoms with Gasteiger partial charge in [0.25, 0.3) is 0 Å². The second-order valence-electron chi connectivity index (χ2n) is 4.18. The molecule has 3 N–H and O–H groups in total. The number of carboxylic acid groups (broad SMARTS) is 1. The van der Waals surface area contributed by atoms with Gasteiger partial charge in [-0.05, 0) is 31.0 Å². The lowest BCUT2D eigenvalue weighted by molar-refractivity contribution is -0.141. The highest BCUT2D eigenvalue weighted by atomic mass is 32.2. The van der Waals surface area contributed by atoms with Crippen molar-refractivity contribution in [1.82, 2.24) is 4.72 Å². The fourth-order valence-electron chi connectivity index (χ4n) is 1.49. The molecule has 0 aliphatic heterocycles. The molecule has 106 valence electrons. The third-order valence-electron chi connectivity index (χ3n) is 2.67. The van der Waals surface area contributed by atoms with Gasteiger partial charge in [0.2, 0.25) is 10.0 Å². The number of hydrogen-bond acceptors (Lipinski definition) is 4. The Kier molecular flexibility index (Phi) is 5.04. The molecule has 0 radical (unpaired) electrons. The van der Waals surface area contributed by atoms with E-state index in [1.165, 1.54) is 19.1 Å². The Morgan fingerprint density at radius 1 is 1.32 bits per heavy atom. The maximum Gasteiger partial charge on any atom is 0.324 e. The molecular formula is C12H17NO5S. The first kappa shape index (κ1) is 15.6. The summed E-state index contributed by atoms with van der Waals surface area (Å²) in [7, 11) is -3.97. The molecule has 6 nitrogen and oxygen atoms in total. The molecule has 2 atom stereocenters. The summed E-state index contributed by atoms with van der Waals surface area (Å²) in [5.74, 6) is -1.43. The van der Waals surface area contributed by atoms with Gasteiger partial charge >= 0.3 is 5.97 Å². The van der Waals surface area contributed by atoms with Gasteiger partial charge in [0.1, 0.15) is 6.04 Å². The first-order valence-electron chi connectivity index (χ1n) is 5.80. The second-order valence-corrected chi connectivity index (χ2v) is 5.89. The van der Waals surface area contributed by atoms with Crippen LogP contribution >= 0.6 is 0 Å². The van der Waals surface area contributed by atoms with Gasteiger partial charge in [0.15, 0.2) is 0 Å². The molecule has 1 rings (SSSR count). The molecule has 0 amide bonds. The summed E-state index contributed by atoms with van der Waals surface area (Å²) in [6.45, 7) is 3.15. The second kappa shape index (κ2) is 6.14. The number of carbonyl (C=O) groups is 1. The van der Waals surface area contributed by atoms with Crippen LogP contribution in [0.15, 0.2) is 29.2 Å². The van der Waals surface area contributed by atoms with Gasteiger partial charge in [-0.1, -0.05) is 19.1 Å². The van der Waals surface area contributed by atoms with E-state index in [0.717, 1.165) is 12.0 Å². The number of carboxylic acids is 1. The van der Waals surface area contributed by atoms with E-state index in [1.807, 2.05) is 11.6 Å². The molecule has 0 heterocycles. The fraction of sp³-hybridized carbons (Fsp3) is 0.417. The maximum atomic E-state index is 12.0. The van der Waals surface area contributed by atoms with E-state index in [2.05, 4.69) is 0 Å². The molecule has 1 aromatic carbocycles. The molecule has 0 aliphatic carbocycles. The van der Waals surface area contributed by atoms with Crippen molar-refractivity contribution in [3.05, 3.63) is 29.8 Å². The number of sulfonamides is 1. The number of aryl methyl sites for hydroxylation is 1. The monoisotopic (exact) mass is 287 g/mol. The van der Waals surface area contributed by atoms with Crippen LogP contribution in [-0.4, -0.2) is 36.7 Å². The van der Waals surface area contributed by atoms with Crippen molar-refractivity contribution < 1.29 is 23.4 Å². The predicted octanol–water partition coefficient (Wildman–Crippen LogP) is 0.361. The number of aliphatic hydroxyl groups excluding tert-OH is 1. The van der Waals surface area contributed by atoms with Crippen molar-refractivity contribution >= 4 is 16.0 Å². The Bertz CT molecular complexity index is 536. The lowest BCUT2D eigenvalue weighted by Gasteiger charge is -2.17. The lowest BCUT2D eigenvalue weighted by atomic mass is 10.2. The van der Waals surface area contributed by atoms with Crippen LogP contribution in [0.5, 0.6) is 0 Å². The Balaban J connectivity index is 2.99. The molecule has 0 aromatic heterocycles. The third kappa shape index (κ3) is 4.02. The van der Waals surface area contributed by atoms with Gasteiger partial charge in [0, 0.05) is 0 Å². The minimum absolute atomic E-state index is 0.0309. The predicted molar refractivity (Wildman–Crippen MR) is 69.2 cm³/mol. The summed E-state index contributed by atoms with van der Waals surface area (Å²) in [6, 6.07) is 4.56. The zero-order valence-electron chi connectivity index (χ0n) is 10.7. The van der Waals surface area contributed by atoms with Crippen molar-refractivity contribution in [2.75, 3.05) is 0 Å². The maximum absolute atomic E-state index is 12.0. The summed E-state index contributed by atoms with van der Waals surface area (Å²) in [4.78, 5) is 10.8. The molecule has 0 spiro atoms. The number of aliphatic carboxylic acids is 1. The van der Waals surface area contributed by atoms with Crippen LogP contribution in [0.1, 0.15) is 19.4 Å². The fourth-order valence-corrected chi connectivity index (χ4v) is 2.76. The van der Waals surface area contributed by atoms with Crippen LogP contribution < -0.4 is 4.72 Å². The first-order chi connectivity index (χ1) is 8.77. The van der Waals surface area contributed by atoms with Crippen LogP contribution in [0.3, 0.4) is 0 Å². The van der Waals surface area contributed by atoms with Crippen LogP contribution in [0.25, 0.3) is 0 Å². The van der Waals surface area contributed by atoms with E-state index in [-0.39, 0.29) is 4.90 Å². The van der Waals surface area contributed by atoms with Crippen molar-refractivity contribution in [2.45, 2.75) is 37.3 Å². The molecule has 19 heavy (non-hydrogen) atoms. The molecule has 0 saturated heterocycles. The number of nitrogens with one attached hydrogen (secondary N) is 1. The van der Waals surface area contributed by atoms with E-state index in [1.54, 1.807) is 12.1 Å². The molecule has 0 aliphatic rings. The van der Waals surface area contributed by atoms with E-state index < -0.39 is 28.1 Å². The molecule has 0 saturated carbocycles. The molecule has 7 heteroatoms. The van der Waals surface area contributed by atoms with Crippen LogP contribution in [0.2, 0.25) is 0 Å². The van der Waals surface area contributed by atoms with Gasteiger partial charge in [-0.3, -0.25) is 4.79 Å². The summed E-state index contributed by atoms with van der Waals surface area (Å²) in [5, 5.41) is 18.1. The Labute approximate surface area is 112 Å². The summed E-state index contributed by atoms with van der Waals surface area (Å²) < 4.78 is 25.9. The quantitative estimate of drug-likeness (QED) is 0.701. The standard InChI is InChI=1S/C12H17NO5S/c1-3-9-4-6-10(7-5-9)19(17,18)13-11(8(2)14)12(15)16/h4-8,11,13-14H,3H2,1-2H3,(H,15,16)/t8-,11+/m1/s1. The van der Waals surface area contributed by atoms with E-state index >= 15 is 0 Å². The van der Waals surface area contributed by atoms with E-state index in [9.17, 15) is 18.3 Å². The van der Waals surface area contributed by atoms with Gasteiger partial charge in [-0.25, -0.2) is 8.42 Å². The van der Waals surface area contributed by atoms with Crippen molar-refractivity contribution in [2.24, 2.45) is 0 Å². The third-order valence-corrected chi connectivity index (χ3v) is 4.13. The summed E-state index contributed by atoms with van der Waals surface area (Å²) in [5.41, 5.74) is 0.976. The van der Waals surface area contributed by atoms with Crippen molar-refractivity contribution in [3.63, 3.8) is 0 Å². The topological polar surface area (TPSA) is 104 Å². The molecule has 1 aromatic rings. The van der Waals surface area contributed by atoms with Gasteiger partial charge < -0.3 is 10.2 Å². The SMILES string of the molecule is CCc1ccc(S(=O)(=O)N[C@H](C(=O)O)[C@@H](C)O)cc1. The van der Waals surface area contributed by atoms with Gasteiger partial charge in [-0.2, -0.15) is 4.72 Å². The molecule has 0 bridgehead atoms. The highest BCUT2D eigenvalue weighted by molar-refractivity contribution is 7.89. The van der Waals surface area contributed by atoms with Crippen molar-refractivity contribution in [3.8, 4) is 0 Å². The van der Waals surface area contributed by atoms with E-state index in [4.69, 9.17) is 5.11 Å². The first-order valence-corrected chi connectivity index (χ1v) is 7.28. The zero-order chi connectivity index (χ0) is 14.6. The van der Waals surface area contributed by atoms with Crippen LogP contribution in [0.4, 0.5) is 0 Å². The Morgan fingerprint density at radius 2 is 1.84 bits per heavy atom. The average Bonchev–Trinajstić information content (AvgIpc) is 2.35. The lowest BCUT2D eigenvalue weighted by Crippen LogP contribution is -2.47. The normalized spacial score (nSPS) is 14.9. The minimum Gasteiger partial charge on any atom is -0.480 e. The number of aliphatic hydroxyl groups is 1. The summed E-state index contributed by atoms with van der Waals surface area (Å²) in [6.07, 6.45) is -0.554. The molecule has 0 unspecified atom stereocenters. The minimum atomic E-state index is -3.97. The number of benzene rings is 1. The largest absolute Gasteiger partial charge is 0.480 e. The Morgan fingerprint density at radius 3 is 2.21 bits per heavy atom. The summed E-state index contributed by atoms with van der Waals surface area (Å²) >= 11 is 0. The average molecular weight is 287 g/mol. The van der Waals surface area contributed by atoms with Crippen LogP contribution in [-0.2, 0) is 21.2 Å². The molecular weight excluding hydrogens is 270 g/mol. The van der Waals surface area contributed by atoms with Crippen molar-refractivity contribution in [1.29, 1.82) is 0 Å². The highest BCUT2D eigenvalue weighted by Gasteiger charge is 2.29. The van der Waals surface area contributed by atoms with Crippen LogP contribution in [0, 0.1) is 0 Å². The zero-order valence-corrected chi connectivity index (χ0v) is 11.5. The number of rotatable bonds is 6. The van der Waals surface area contributed by atoms with Gasteiger partial charge in [-0.15, -0.1) is 0 Å². The van der Waals surface area contributed by atoms with E-state index in [0.29, 0.717) is 0 Å².